The number of aromatic nitrogens is 3. The lowest BCUT2D eigenvalue weighted by atomic mass is 9.79. The predicted molar refractivity (Wildman–Crippen MR) is 120 cm³/mol. The van der Waals surface area contributed by atoms with E-state index in [-0.39, 0.29) is 17.5 Å². The van der Waals surface area contributed by atoms with Crippen LogP contribution in [0.15, 0.2) is 36.8 Å². The molecule has 2 aromatic heterocycles. The van der Waals surface area contributed by atoms with Crippen LogP contribution in [-0.4, -0.2) is 33.6 Å². The number of rotatable bonds is 3. The fourth-order valence-corrected chi connectivity index (χ4v) is 4.66. The molecular weight excluding hydrogens is 374 g/mol. The molecule has 2 atom stereocenters. The largest absolute Gasteiger partial charge is 0.493 e. The Bertz CT molecular complexity index is 1080. The Morgan fingerprint density at radius 2 is 2.00 bits per heavy atom. The SMILES string of the molecule is CC1(C)CCOc2cc(-c3cncc4cnc(N[C@@H]5CCCC[C@@H]5N)nc34)ccc21. The molecule has 3 aromatic rings. The molecule has 3 N–H and O–H groups in total. The van der Waals surface area contributed by atoms with Gasteiger partial charge in [-0.15, -0.1) is 0 Å². The van der Waals surface area contributed by atoms with Crippen LogP contribution in [0, 0.1) is 0 Å². The van der Waals surface area contributed by atoms with Crippen LogP contribution < -0.4 is 15.8 Å². The smallest absolute Gasteiger partial charge is 0.223 e. The molecule has 0 bridgehead atoms. The summed E-state index contributed by atoms with van der Waals surface area (Å²) in [7, 11) is 0. The monoisotopic (exact) mass is 403 g/mol. The van der Waals surface area contributed by atoms with Gasteiger partial charge in [0.15, 0.2) is 0 Å². The molecule has 6 heteroatoms. The lowest BCUT2D eigenvalue weighted by Gasteiger charge is -2.32. The van der Waals surface area contributed by atoms with Crippen molar-refractivity contribution in [2.75, 3.05) is 11.9 Å². The number of pyridine rings is 1. The van der Waals surface area contributed by atoms with Gasteiger partial charge in [0.25, 0.3) is 0 Å². The maximum absolute atomic E-state index is 6.31. The van der Waals surface area contributed by atoms with Crippen LogP contribution >= 0.6 is 0 Å². The van der Waals surface area contributed by atoms with Crippen molar-refractivity contribution in [2.45, 2.75) is 63.5 Å². The minimum Gasteiger partial charge on any atom is -0.493 e. The molecule has 1 aromatic carbocycles. The van der Waals surface area contributed by atoms with Gasteiger partial charge in [-0.25, -0.2) is 9.97 Å². The second kappa shape index (κ2) is 7.51. The predicted octanol–water partition coefficient (Wildman–Crippen LogP) is 4.43. The van der Waals surface area contributed by atoms with Gasteiger partial charge in [0, 0.05) is 41.6 Å². The Labute approximate surface area is 177 Å². The summed E-state index contributed by atoms with van der Waals surface area (Å²) in [4.78, 5) is 13.8. The lowest BCUT2D eigenvalue weighted by Crippen LogP contribution is -2.42. The van der Waals surface area contributed by atoms with Crippen molar-refractivity contribution in [1.82, 2.24) is 15.0 Å². The van der Waals surface area contributed by atoms with Crippen LogP contribution in [0.25, 0.3) is 22.0 Å². The molecule has 1 saturated carbocycles. The van der Waals surface area contributed by atoms with E-state index >= 15 is 0 Å². The second-order valence-electron chi connectivity index (χ2n) is 9.21. The summed E-state index contributed by atoms with van der Waals surface area (Å²) in [6.45, 7) is 5.29. The molecule has 2 aliphatic rings. The Kier molecular flexibility index (Phi) is 4.82. The Hall–Kier alpha value is -2.73. The fourth-order valence-electron chi connectivity index (χ4n) is 4.66. The van der Waals surface area contributed by atoms with Crippen molar-refractivity contribution in [3.05, 3.63) is 42.4 Å². The summed E-state index contributed by atoms with van der Waals surface area (Å²) in [6, 6.07) is 6.83. The first-order valence-corrected chi connectivity index (χ1v) is 10.9. The summed E-state index contributed by atoms with van der Waals surface area (Å²) < 4.78 is 5.99. The van der Waals surface area contributed by atoms with E-state index < -0.39 is 0 Å². The van der Waals surface area contributed by atoms with Crippen LogP contribution in [0.2, 0.25) is 0 Å². The number of nitrogens with one attached hydrogen (secondary N) is 1. The van der Waals surface area contributed by atoms with Crippen molar-refractivity contribution in [3.63, 3.8) is 0 Å². The quantitative estimate of drug-likeness (QED) is 0.673. The maximum atomic E-state index is 6.31. The van der Waals surface area contributed by atoms with E-state index in [0.29, 0.717) is 5.95 Å². The van der Waals surface area contributed by atoms with E-state index in [4.69, 9.17) is 15.5 Å². The molecule has 0 saturated heterocycles. The molecule has 3 heterocycles. The van der Waals surface area contributed by atoms with Crippen molar-refractivity contribution in [1.29, 1.82) is 0 Å². The van der Waals surface area contributed by atoms with Gasteiger partial charge < -0.3 is 15.8 Å². The molecule has 5 rings (SSSR count). The van der Waals surface area contributed by atoms with Crippen LogP contribution in [-0.2, 0) is 5.41 Å². The zero-order valence-electron chi connectivity index (χ0n) is 17.7. The number of hydrogen-bond acceptors (Lipinski definition) is 6. The lowest BCUT2D eigenvalue weighted by molar-refractivity contribution is 0.234. The van der Waals surface area contributed by atoms with E-state index in [0.717, 1.165) is 53.6 Å². The molecule has 1 aliphatic carbocycles. The fraction of sp³-hybridized carbons (Fsp3) is 0.458. The Balaban J connectivity index is 1.53. The first-order valence-electron chi connectivity index (χ1n) is 10.9. The van der Waals surface area contributed by atoms with E-state index in [1.807, 2.05) is 18.6 Å². The highest BCUT2D eigenvalue weighted by Crippen LogP contribution is 2.41. The molecule has 30 heavy (non-hydrogen) atoms. The third-order valence-corrected chi connectivity index (χ3v) is 6.63. The summed E-state index contributed by atoms with van der Waals surface area (Å²) >= 11 is 0. The zero-order valence-corrected chi connectivity index (χ0v) is 17.7. The Morgan fingerprint density at radius 3 is 2.87 bits per heavy atom. The molecule has 0 spiro atoms. The summed E-state index contributed by atoms with van der Waals surface area (Å²) in [5.41, 5.74) is 10.6. The molecule has 0 radical (unpaired) electrons. The average molecular weight is 404 g/mol. The van der Waals surface area contributed by atoms with Gasteiger partial charge in [-0.05, 0) is 41.9 Å². The number of anilines is 1. The maximum Gasteiger partial charge on any atom is 0.223 e. The highest BCUT2D eigenvalue weighted by Gasteiger charge is 2.29. The van der Waals surface area contributed by atoms with E-state index in [1.54, 1.807) is 0 Å². The number of hydrogen-bond donors (Lipinski definition) is 2. The first-order chi connectivity index (χ1) is 14.5. The number of nitrogens with zero attached hydrogens (tertiary/aromatic N) is 3. The van der Waals surface area contributed by atoms with Gasteiger partial charge in [0.05, 0.1) is 12.1 Å². The molecule has 1 aliphatic heterocycles. The summed E-state index contributed by atoms with van der Waals surface area (Å²) in [5.74, 6) is 1.59. The van der Waals surface area contributed by atoms with E-state index in [1.165, 1.54) is 18.4 Å². The standard InChI is InChI=1S/C24H29N5O/c1-24(2)9-10-30-21-11-15(7-8-18(21)24)17-14-26-12-16-13-27-23(29-22(16)17)28-20-6-4-3-5-19(20)25/h7-8,11-14,19-20H,3-6,9-10,25H2,1-2H3,(H,27,28,29)/t19-,20+/m0/s1. The van der Waals surface area contributed by atoms with Crippen molar-refractivity contribution >= 4 is 16.9 Å². The molecule has 0 unspecified atom stereocenters. The van der Waals surface area contributed by atoms with Gasteiger partial charge in [0.2, 0.25) is 5.95 Å². The van der Waals surface area contributed by atoms with Crippen LogP contribution in [0.4, 0.5) is 5.95 Å². The van der Waals surface area contributed by atoms with Gasteiger partial charge in [-0.2, -0.15) is 0 Å². The van der Waals surface area contributed by atoms with Crippen LogP contribution in [0.5, 0.6) is 5.75 Å². The first kappa shape index (κ1) is 19.2. The second-order valence-corrected chi connectivity index (χ2v) is 9.21. The molecule has 0 amide bonds. The van der Waals surface area contributed by atoms with Gasteiger partial charge in [0.1, 0.15) is 5.75 Å². The van der Waals surface area contributed by atoms with Crippen molar-refractivity contribution < 1.29 is 4.74 Å². The number of nitrogens with two attached hydrogens (primary N) is 1. The summed E-state index contributed by atoms with van der Waals surface area (Å²) in [5, 5.41) is 4.39. The number of fused-ring (bicyclic) bond motifs is 2. The highest BCUT2D eigenvalue weighted by atomic mass is 16.5. The zero-order chi connectivity index (χ0) is 20.7. The van der Waals surface area contributed by atoms with Crippen LogP contribution in [0.3, 0.4) is 0 Å². The number of benzene rings is 1. The molecule has 6 nitrogen and oxygen atoms in total. The highest BCUT2D eigenvalue weighted by molar-refractivity contribution is 5.93. The van der Waals surface area contributed by atoms with Crippen molar-refractivity contribution in [3.8, 4) is 16.9 Å². The van der Waals surface area contributed by atoms with E-state index in [9.17, 15) is 0 Å². The topological polar surface area (TPSA) is 86.0 Å². The number of ether oxygens (including phenoxy) is 1. The average Bonchev–Trinajstić information content (AvgIpc) is 2.74. The van der Waals surface area contributed by atoms with Gasteiger partial charge in [-0.3, -0.25) is 4.98 Å². The Morgan fingerprint density at radius 1 is 1.13 bits per heavy atom. The van der Waals surface area contributed by atoms with Crippen molar-refractivity contribution in [2.24, 2.45) is 5.73 Å². The van der Waals surface area contributed by atoms with Gasteiger partial charge >= 0.3 is 0 Å². The summed E-state index contributed by atoms with van der Waals surface area (Å²) in [6.07, 6.45) is 11.1. The third-order valence-electron chi connectivity index (χ3n) is 6.63. The molecule has 1 fully saturated rings. The normalized spacial score (nSPS) is 22.9. The third kappa shape index (κ3) is 3.49. The molecular formula is C24H29N5O. The van der Waals surface area contributed by atoms with Crippen LogP contribution in [0.1, 0.15) is 51.5 Å². The van der Waals surface area contributed by atoms with Gasteiger partial charge in [-0.1, -0.05) is 38.8 Å². The molecule has 156 valence electrons. The minimum absolute atomic E-state index is 0.126. The minimum atomic E-state index is 0.126. The van der Waals surface area contributed by atoms with E-state index in [2.05, 4.69) is 47.3 Å².